The fourth-order valence-electron chi connectivity index (χ4n) is 3.32. The molecule has 2 aromatic heterocycles. The Morgan fingerprint density at radius 1 is 0.967 bits per heavy atom. The van der Waals surface area contributed by atoms with E-state index in [1.54, 1.807) is 6.20 Å². The molecule has 5 nitrogen and oxygen atoms in total. The highest BCUT2D eigenvalue weighted by Gasteiger charge is 2.19. The fraction of sp³-hybridized carbons (Fsp3) is 0.400. The van der Waals surface area contributed by atoms with Gasteiger partial charge < -0.3 is 5.32 Å². The van der Waals surface area contributed by atoms with Crippen molar-refractivity contribution in [3.8, 4) is 22.6 Å². The van der Waals surface area contributed by atoms with Crippen molar-refractivity contribution in [2.24, 2.45) is 0 Å². The molecular formula is C25H32N4O. The van der Waals surface area contributed by atoms with Gasteiger partial charge in [-0.25, -0.2) is 4.98 Å². The van der Waals surface area contributed by atoms with Crippen LogP contribution in [0, 0.1) is 0 Å². The van der Waals surface area contributed by atoms with Crippen molar-refractivity contribution in [3.05, 3.63) is 59.8 Å². The van der Waals surface area contributed by atoms with E-state index in [1.165, 1.54) is 5.56 Å². The van der Waals surface area contributed by atoms with Gasteiger partial charge >= 0.3 is 0 Å². The summed E-state index contributed by atoms with van der Waals surface area (Å²) in [5, 5.41) is 7.49. The van der Waals surface area contributed by atoms with E-state index in [-0.39, 0.29) is 17.5 Å². The third kappa shape index (κ3) is 4.96. The topological polar surface area (TPSA) is 59.8 Å². The summed E-state index contributed by atoms with van der Waals surface area (Å²) in [7, 11) is 0. The lowest BCUT2D eigenvalue weighted by atomic mass is 9.99. The Hall–Kier alpha value is -2.95. The van der Waals surface area contributed by atoms with Crippen LogP contribution in [-0.4, -0.2) is 26.2 Å². The van der Waals surface area contributed by atoms with E-state index in [9.17, 15) is 4.79 Å². The van der Waals surface area contributed by atoms with E-state index in [2.05, 4.69) is 62.4 Å². The van der Waals surface area contributed by atoms with Gasteiger partial charge in [0.05, 0.1) is 17.1 Å². The van der Waals surface area contributed by atoms with Crippen LogP contribution in [0.4, 0.5) is 0 Å². The molecule has 0 unspecified atom stereocenters. The molecule has 3 rings (SSSR count). The minimum absolute atomic E-state index is 0.109. The van der Waals surface area contributed by atoms with E-state index in [0.29, 0.717) is 11.5 Å². The van der Waals surface area contributed by atoms with E-state index >= 15 is 0 Å². The van der Waals surface area contributed by atoms with Crippen LogP contribution in [0.15, 0.2) is 48.7 Å². The fourth-order valence-corrected chi connectivity index (χ4v) is 3.32. The average molecular weight is 405 g/mol. The smallest absolute Gasteiger partial charge is 0.251 e. The number of aromatic nitrogens is 3. The molecule has 3 aromatic rings. The number of carbonyl (C=O) groups is 1. The quantitative estimate of drug-likeness (QED) is 0.581. The Kier molecular flexibility index (Phi) is 6.11. The Morgan fingerprint density at radius 3 is 2.17 bits per heavy atom. The summed E-state index contributed by atoms with van der Waals surface area (Å²) < 4.78 is 1.93. The van der Waals surface area contributed by atoms with Crippen molar-refractivity contribution in [1.29, 1.82) is 0 Å². The van der Waals surface area contributed by atoms with Gasteiger partial charge in [0, 0.05) is 28.9 Å². The van der Waals surface area contributed by atoms with E-state index in [4.69, 9.17) is 4.98 Å². The number of pyridine rings is 1. The zero-order chi connectivity index (χ0) is 22.1. The van der Waals surface area contributed by atoms with Crippen molar-refractivity contribution >= 4 is 5.91 Å². The number of rotatable bonds is 5. The standard InChI is InChI=1S/C25H32N4O/c1-16(2)18-8-10-19(11-9-18)21-14-20(24(30)28-25(5,6)7)15-22(27-21)23-12-13-26-29(23)17(3)4/h8-17H,1-7H3,(H,28,30). The molecular weight excluding hydrogens is 372 g/mol. The first-order valence-corrected chi connectivity index (χ1v) is 10.5. The minimum Gasteiger partial charge on any atom is -0.347 e. The number of amides is 1. The van der Waals surface area contributed by atoms with E-state index in [0.717, 1.165) is 22.6 Å². The highest BCUT2D eigenvalue weighted by atomic mass is 16.1. The number of carbonyl (C=O) groups excluding carboxylic acids is 1. The van der Waals surface area contributed by atoms with E-state index < -0.39 is 0 Å². The van der Waals surface area contributed by atoms with Gasteiger partial charge in [-0.3, -0.25) is 9.48 Å². The summed E-state index contributed by atoms with van der Waals surface area (Å²) in [5.74, 6) is 0.355. The first kappa shape index (κ1) is 21.8. The molecule has 30 heavy (non-hydrogen) atoms. The van der Waals surface area contributed by atoms with Crippen molar-refractivity contribution in [2.45, 2.75) is 66.0 Å². The molecule has 0 bridgehead atoms. The van der Waals surface area contributed by atoms with E-state index in [1.807, 2.05) is 43.7 Å². The molecule has 0 atom stereocenters. The monoisotopic (exact) mass is 404 g/mol. The number of hydrogen-bond acceptors (Lipinski definition) is 3. The van der Waals surface area contributed by atoms with Crippen LogP contribution in [0.25, 0.3) is 22.6 Å². The molecule has 2 heterocycles. The predicted molar refractivity (Wildman–Crippen MR) is 123 cm³/mol. The summed E-state index contributed by atoms with van der Waals surface area (Å²) in [5.41, 5.74) is 4.95. The number of nitrogens with zero attached hydrogens (tertiary/aromatic N) is 3. The molecule has 0 aliphatic carbocycles. The molecule has 158 valence electrons. The second kappa shape index (κ2) is 8.42. The SMILES string of the molecule is CC(C)c1ccc(-c2cc(C(=O)NC(C)(C)C)cc(-c3ccnn3C(C)C)n2)cc1. The largest absolute Gasteiger partial charge is 0.347 e. The van der Waals surface area contributed by atoms with Gasteiger partial charge in [-0.15, -0.1) is 0 Å². The molecule has 1 aromatic carbocycles. The zero-order valence-electron chi connectivity index (χ0n) is 19.0. The van der Waals surface area contributed by atoms with Crippen LogP contribution in [0.1, 0.15) is 76.3 Å². The van der Waals surface area contributed by atoms with Crippen molar-refractivity contribution in [2.75, 3.05) is 0 Å². The molecule has 0 spiro atoms. The Bertz CT molecular complexity index is 1020. The summed E-state index contributed by atoms with van der Waals surface area (Å²) in [6.45, 7) is 14.5. The lowest BCUT2D eigenvalue weighted by Crippen LogP contribution is -2.40. The van der Waals surface area contributed by atoms with Gasteiger partial charge in [0.2, 0.25) is 0 Å². The summed E-state index contributed by atoms with van der Waals surface area (Å²) in [6, 6.07) is 14.3. The van der Waals surface area contributed by atoms with Crippen LogP contribution in [-0.2, 0) is 0 Å². The maximum absolute atomic E-state index is 13.0. The van der Waals surface area contributed by atoms with Gasteiger partial charge in [0.25, 0.3) is 5.91 Å². The number of hydrogen-bond donors (Lipinski definition) is 1. The number of benzene rings is 1. The highest BCUT2D eigenvalue weighted by molar-refractivity contribution is 5.96. The van der Waals surface area contributed by atoms with Crippen LogP contribution in [0.5, 0.6) is 0 Å². The second-order valence-electron chi connectivity index (χ2n) is 9.36. The third-order valence-electron chi connectivity index (χ3n) is 4.87. The second-order valence-corrected chi connectivity index (χ2v) is 9.36. The maximum Gasteiger partial charge on any atom is 0.251 e. The normalized spacial score (nSPS) is 11.9. The summed E-state index contributed by atoms with van der Waals surface area (Å²) in [6.07, 6.45) is 1.77. The molecule has 0 saturated carbocycles. The third-order valence-corrected chi connectivity index (χ3v) is 4.87. The van der Waals surface area contributed by atoms with Crippen molar-refractivity contribution in [1.82, 2.24) is 20.1 Å². The van der Waals surface area contributed by atoms with Crippen LogP contribution in [0.2, 0.25) is 0 Å². The highest BCUT2D eigenvalue weighted by Crippen LogP contribution is 2.27. The van der Waals surface area contributed by atoms with Gasteiger partial charge in [-0.1, -0.05) is 38.1 Å². The predicted octanol–water partition coefficient (Wildman–Crippen LogP) is 5.84. The molecule has 5 heteroatoms. The molecule has 0 radical (unpaired) electrons. The first-order chi connectivity index (χ1) is 14.0. The minimum atomic E-state index is -0.320. The lowest BCUT2D eigenvalue weighted by molar-refractivity contribution is 0.0919. The van der Waals surface area contributed by atoms with Crippen molar-refractivity contribution < 1.29 is 4.79 Å². The number of nitrogens with one attached hydrogen (secondary N) is 1. The lowest BCUT2D eigenvalue weighted by Gasteiger charge is -2.21. The van der Waals surface area contributed by atoms with Crippen LogP contribution >= 0.6 is 0 Å². The van der Waals surface area contributed by atoms with Crippen LogP contribution in [0.3, 0.4) is 0 Å². The maximum atomic E-state index is 13.0. The first-order valence-electron chi connectivity index (χ1n) is 10.5. The van der Waals surface area contributed by atoms with Gasteiger partial charge in [0.1, 0.15) is 0 Å². The molecule has 0 fully saturated rings. The van der Waals surface area contributed by atoms with Crippen molar-refractivity contribution in [3.63, 3.8) is 0 Å². The van der Waals surface area contributed by atoms with Crippen LogP contribution < -0.4 is 5.32 Å². The summed E-state index contributed by atoms with van der Waals surface area (Å²) >= 11 is 0. The Labute approximate surface area is 179 Å². The average Bonchev–Trinajstić information content (AvgIpc) is 3.16. The molecule has 0 saturated heterocycles. The van der Waals surface area contributed by atoms with Gasteiger partial charge in [-0.05, 0) is 64.3 Å². The molecule has 1 amide bonds. The Morgan fingerprint density at radius 2 is 1.60 bits per heavy atom. The zero-order valence-corrected chi connectivity index (χ0v) is 19.0. The van der Waals surface area contributed by atoms with Gasteiger partial charge in [0.15, 0.2) is 0 Å². The Balaban J connectivity index is 2.13. The molecule has 0 aliphatic rings. The summed E-state index contributed by atoms with van der Waals surface area (Å²) in [4.78, 5) is 17.9. The van der Waals surface area contributed by atoms with Gasteiger partial charge in [-0.2, -0.15) is 5.10 Å². The molecule has 0 aliphatic heterocycles. The molecule has 1 N–H and O–H groups in total.